The molecule has 1 aliphatic carbocycles. The van der Waals surface area contributed by atoms with Crippen LogP contribution in [0.15, 0.2) is 0 Å². The average Bonchev–Trinajstić information content (AvgIpc) is 2.35. The second-order valence-corrected chi connectivity index (χ2v) is 11.2. The number of nitrogens with one attached hydrogen (secondary N) is 2. The minimum absolute atomic E-state index is 0.161. The van der Waals surface area contributed by atoms with Crippen molar-refractivity contribution in [3.63, 3.8) is 0 Å². The molecule has 3 atom stereocenters. The van der Waals surface area contributed by atoms with Gasteiger partial charge in [0.15, 0.2) is 0 Å². The van der Waals surface area contributed by atoms with Gasteiger partial charge in [0.2, 0.25) is 0 Å². The third kappa shape index (κ3) is 10.2. The third-order valence-electron chi connectivity index (χ3n) is 3.74. The molecule has 10 nitrogen and oxygen atoms in total. The number of hydrogen-bond acceptors (Lipinski definition) is 8. The minimum Gasteiger partial charge on any atom is -0.443 e. The van der Waals surface area contributed by atoms with Gasteiger partial charge in [-0.15, -0.1) is 0 Å². The Hall–Kier alpha value is -0.950. The first-order valence-electron chi connectivity index (χ1n) is 8.62. The highest BCUT2D eigenvalue weighted by molar-refractivity contribution is 7.88. The number of nitrogens with zero attached hydrogens (tertiary/aromatic N) is 1. The molecule has 1 amide bonds. The molecule has 0 spiro atoms. The molecule has 0 bridgehead atoms. The average molecular weight is 430 g/mol. The van der Waals surface area contributed by atoms with E-state index in [1.807, 2.05) is 19.0 Å². The second-order valence-electron chi connectivity index (χ2n) is 8.11. The van der Waals surface area contributed by atoms with Gasteiger partial charge >= 0.3 is 16.3 Å². The number of carbonyl (C=O) groups excluding carboxylic acids is 1. The van der Waals surface area contributed by atoms with Crippen molar-refractivity contribution in [3.05, 3.63) is 0 Å². The molecule has 160 valence electrons. The maximum absolute atomic E-state index is 12.3. The monoisotopic (exact) mass is 429 g/mol. The van der Waals surface area contributed by atoms with Crippen LogP contribution in [0.5, 0.6) is 0 Å². The zero-order valence-electron chi connectivity index (χ0n) is 16.7. The van der Waals surface area contributed by atoms with E-state index in [4.69, 9.17) is 8.92 Å². The van der Waals surface area contributed by atoms with Gasteiger partial charge in [0.05, 0.1) is 18.4 Å². The van der Waals surface area contributed by atoms with Crippen LogP contribution in [0.3, 0.4) is 0 Å². The lowest BCUT2D eigenvalue weighted by Crippen LogP contribution is -2.53. The Kier molecular flexibility index (Phi) is 8.06. The summed E-state index contributed by atoms with van der Waals surface area (Å²) in [6, 6.07) is -0.793. The summed E-state index contributed by atoms with van der Waals surface area (Å²) in [5, 5.41) is 0. The summed E-state index contributed by atoms with van der Waals surface area (Å²) < 4.78 is 61.7. The Morgan fingerprint density at radius 3 is 2.22 bits per heavy atom. The molecule has 27 heavy (non-hydrogen) atoms. The Morgan fingerprint density at radius 2 is 1.74 bits per heavy atom. The standard InChI is InChI=1S/C15H31N3O7S2/c1-15(2,3)24-14(19)17-27(22,23)16-12-9-11(10-18(4)5)7-8-13(12)25-26(6,20)21/h11-13,16H,7-10H2,1-6H3,(H,17,19)/t11-,12+,13+/m0/s1. The van der Waals surface area contributed by atoms with Gasteiger partial charge in [-0.3, -0.25) is 4.18 Å². The predicted octanol–water partition coefficient (Wildman–Crippen LogP) is 0.421. The zero-order valence-corrected chi connectivity index (χ0v) is 18.3. The second kappa shape index (κ2) is 9.03. The lowest BCUT2D eigenvalue weighted by Gasteiger charge is -2.36. The number of hydrogen-bond donors (Lipinski definition) is 2. The van der Waals surface area contributed by atoms with Gasteiger partial charge in [0.1, 0.15) is 5.60 Å². The first-order valence-corrected chi connectivity index (χ1v) is 11.9. The highest BCUT2D eigenvalue weighted by Crippen LogP contribution is 2.28. The molecular formula is C15H31N3O7S2. The zero-order chi connectivity index (χ0) is 21.0. The fourth-order valence-electron chi connectivity index (χ4n) is 3.01. The highest BCUT2D eigenvalue weighted by Gasteiger charge is 2.36. The van der Waals surface area contributed by atoms with E-state index >= 15 is 0 Å². The summed E-state index contributed by atoms with van der Waals surface area (Å²) >= 11 is 0. The van der Waals surface area contributed by atoms with Gasteiger partial charge in [-0.05, 0) is 60.0 Å². The molecule has 0 aromatic rings. The van der Waals surface area contributed by atoms with Crippen LogP contribution in [0.1, 0.15) is 40.0 Å². The van der Waals surface area contributed by atoms with Gasteiger partial charge in [0, 0.05) is 6.54 Å². The Balaban J connectivity index is 2.87. The van der Waals surface area contributed by atoms with Crippen LogP contribution in [0.2, 0.25) is 0 Å². The highest BCUT2D eigenvalue weighted by atomic mass is 32.2. The molecule has 0 unspecified atom stereocenters. The van der Waals surface area contributed by atoms with E-state index in [9.17, 15) is 21.6 Å². The maximum Gasteiger partial charge on any atom is 0.422 e. The van der Waals surface area contributed by atoms with Crippen molar-refractivity contribution in [3.8, 4) is 0 Å². The van der Waals surface area contributed by atoms with E-state index in [0.717, 1.165) is 12.8 Å². The van der Waals surface area contributed by atoms with Crippen molar-refractivity contribution in [2.75, 3.05) is 26.9 Å². The smallest absolute Gasteiger partial charge is 0.422 e. The van der Waals surface area contributed by atoms with E-state index < -0.39 is 44.2 Å². The molecule has 0 aliphatic heterocycles. The Labute approximate surface area is 162 Å². The molecule has 1 rings (SSSR count). The quantitative estimate of drug-likeness (QED) is 0.557. The van der Waals surface area contributed by atoms with Crippen molar-refractivity contribution >= 4 is 26.4 Å². The molecule has 2 N–H and O–H groups in total. The maximum atomic E-state index is 12.3. The van der Waals surface area contributed by atoms with E-state index in [0.29, 0.717) is 19.3 Å². The summed E-state index contributed by atoms with van der Waals surface area (Å²) in [5.74, 6) is 0.161. The first-order chi connectivity index (χ1) is 12.1. The first kappa shape index (κ1) is 24.1. The Bertz CT molecular complexity index is 714. The largest absolute Gasteiger partial charge is 0.443 e. The summed E-state index contributed by atoms with van der Waals surface area (Å²) in [5.41, 5.74) is -0.858. The molecule has 1 aliphatic rings. The van der Waals surface area contributed by atoms with Crippen molar-refractivity contribution in [1.82, 2.24) is 14.3 Å². The Morgan fingerprint density at radius 1 is 1.15 bits per heavy atom. The molecule has 0 aromatic heterocycles. The van der Waals surface area contributed by atoms with E-state index in [-0.39, 0.29) is 5.92 Å². The molecule has 12 heteroatoms. The third-order valence-corrected chi connectivity index (χ3v) is 5.39. The topological polar surface area (TPSA) is 131 Å². The number of amides is 1. The SMILES string of the molecule is CN(C)C[C@H]1CC[C@@H](OS(C)(=O)=O)[C@H](NS(=O)(=O)NC(=O)OC(C)(C)C)C1. The van der Waals surface area contributed by atoms with Gasteiger partial charge in [-0.25, -0.2) is 9.52 Å². The van der Waals surface area contributed by atoms with Crippen LogP contribution >= 0.6 is 0 Å². The molecule has 1 saturated carbocycles. The molecule has 0 radical (unpaired) electrons. The molecule has 0 saturated heterocycles. The predicted molar refractivity (Wildman–Crippen MR) is 101 cm³/mol. The minimum atomic E-state index is -4.26. The van der Waals surface area contributed by atoms with Gasteiger partial charge in [0.25, 0.3) is 10.1 Å². The lowest BCUT2D eigenvalue weighted by molar-refractivity contribution is 0.0566. The van der Waals surface area contributed by atoms with Crippen LogP contribution in [0, 0.1) is 5.92 Å². The van der Waals surface area contributed by atoms with Crippen LogP contribution in [0.4, 0.5) is 4.79 Å². The van der Waals surface area contributed by atoms with Crippen LogP contribution in [-0.2, 0) is 29.2 Å². The van der Waals surface area contributed by atoms with Gasteiger partial charge in [-0.1, -0.05) is 0 Å². The molecule has 0 heterocycles. The summed E-state index contributed by atoms with van der Waals surface area (Å²) in [6.45, 7) is 5.55. The fraction of sp³-hybridized carbons (Fsp3) is 0.933. The lowest BCUT2D eigenvalue weighted by atomic mass is 9.84. The van der Waals surface area contributed by atoms with Crippen LogP contribution in [0.25, 0.3) is 0 Å². The van der Waals surface area contributed by atoms with E-state index in [1.165, 1.54) is 0 Å². The van der Waals surface area contributed by atoms with Crippen molar-refractivity contribution < 1.29 is 30.6 Å². The molecule has 1 fully saturated rings. The summed E-state index contributed by atoms with van der Waals surface area (Å²) in [7, 11) is -4.20. The van der Waals surface area contributed by atoms with Crippen molar-refractivity contribution in [2.24, 2.45) is 5.92 Å². The summed E-state index contributed by atoms with van der Waals surface area (Å²) in [6.07, 6.45) is 0.433. The summed E-state index contributed by atoms with van der Waals surface area (Å²) in [4.78, 5) is 13.7. The van der Waals surface area contributed by atoms with Crippen molar-refractivity contribution in [1.29, 1.82) is 0 Å². The van der Waals surface area contributed by atoms with Gasteiger partial charge in [-0.2, -0.15) is 21.6 Å². The van der Waals surface area contributed by atoms with Crippen LogP contribution < -0.4 is 9.44 Å². The normalized spacial score (nSPS) is 24.6. The number of carbonyl (C=O) groups is 1. The molecule has 0 aromatic carbocycles. The van der Waals surface area contributed by atoms with E-state index in [1.54, 1.807) is 25.5 Å². The number of rotatable bonds is 7. The molecular weight excluding hydrogens is 398 g/mol. The van der Waals surface area contributed by atoms with Crippen LogP contribution in [-0.4, -0.2) is 72.5 Å². The van der Waals surface area contributed by atoms with E-state index in [2.05, 4.69) is 4.72 Å². The van der Waals surface area contributed by atoms with Crippen molar-refractivity contribution in [2.45, 2.75) is 57.8 Å². The fourth-order valence-corrected chi connectivity index (χ4v) is 4.66. The van der Waals surface area contributed by atoms with Gasteiger partial charge < -0.3 is 9.64 Å². The number of ether oxygens (including phenoxy) is 1.